The molecular formula is C15H23N3O2. The molecule has 5 nitrogen and oxygen atoms in total. The Balaban J connectivity index is 2.54. The summed E-state index contributed by atoms with van der Waals surface area (Å²) in [7, 11) is 5.26. The van der Waals surface area contributed by atoms with Gasteiger partial charge in [-0.05, 0) is 13.5 Å². The molecular weight excluding hydrogens is 254 g/mol. The number of nitrogens with zero attached hydrogens (tertiary/aromatic N) is 2. The van der Waals surface area contributed by atoms with Crippen LogP contribution >= 0.6 is 0 Å². The summed E-state index contributed by atoms with van der Waals surface area (Å²) in [5, 5.41) is 3.17. The predicted molar refractivity (Wildman–Crippen MR) is 80.8 cm³/mol. The van der Waals surface area contributed by atoms with Gasteiger partial charge in [0, 0.05) is 31.6 Å². The molecule has 0 unspecified atom stereocenters. The molecule has 0 saturated carbocycles. The molecule has 1 aromatic heterocycles. The zero-order valence-corrected chi connectivity index (χ0v) is 12.7. The van der Waals surface area contributed by atoms with E-state index in [1.807, 2.05) is 19.2 Å². The average Bonchev–Trinajstić information content (AvgIpc) is 2.81. The minimum Gasteiger partial charge on any atom is -0.493 e. The molecule has 0 spiro atoms. The number of fused-ring (bicyclic) bond motifs is 1. The van der Waals surface area contributed by atoms with Crippen molar-refractivity contribution in [1.82, 2.24) is 14.9 Å². The average molecular weight is 277 g/mol. The summed E-state index contributed by atoms with van der Waals surface area (Å²) >= 11 is 0. The van der Waals surface area contributed by atoms with Crippen molar-refractivity contribution in [3.63, 3.8) is 0 Å². The van der Waals surface area contributed by atoms with Crippen molar-refractivity contribution in [2.24, 2.45) is 0 Å². The lowest BCUT2D eigenvalue weighted by Crippen LogP contribution is -2.14. The number of ether oxygens (including phenoxy) is 2. The molecule has 1 aromatic carbocycles. The van der Waals surface area contributed by atoms with Gasteiger partial charge in [-0.25, -0.2) is 4.98 Å². The van der Waals surface area contributed by atoms with E-state index in [-0.39, 0.29) is 0 Å². The van der Waals surface area contributed by atoms with Crippen LogP contribution in [0.5, 0.6) is 11.5 Å². The second kappa shape index (κ2) is 6.61. The van der Waals surface area contributed by atoms with E-state index in [4.69, 9.17) is 14.5 Å². The van der Waals surface area contributed by atoms with Crippen molar-refractivity contribution >= 4 is 11.0 Å². The first-order valence-corrected chi connectivity index (χ1v) is 7.00. The second-order valence-electron chi connectivity index (χ2n) is 4.73. The van der Waals surface area contributed by atoms with Crippen LogP contribution in [0.15, 0.2) is 12.1 Å². The van der Waals surface area contributed by atoms with Gasteiger partial charge in [0.1, 0.15) is 5.82 Å². The van der Waals surface area contributed by atoms with Gasteiger partial charge < -0.3 is 19.4 Å². The number of imidazole rings is 1. The molecule has 1 N–H and O–H groups in total. The van der Waals surface area contributed by atoms with Crippen molar-refractivity contribution in [3.05, 3.63) is 18.0 Å². The van der Waals surface area contributed by atoms with Gasteiger partial charge in [0.25, 0.3) is 0 Å². The molecule has 0 bridgehead atoms. The Labute approximate surface area is 119 Å². The number of likely N-dealkylation sites (N-methyl/N-ethyl adjacent to an activating group) is 1. The van der Waals surface area contributed by atoms with Crippen LogP contribution in [-0.4, -0.2) is 37.4 Å². The van der Waals surface area contributed by atoms with Gasteiger partial charge in [0.05, 0.1) is 25.3 Å². The van der Waals surface area contributed by atoms with Crippen molar-refractivity contribution in [2.75, 3.05) is 27.8 Å². The van der Waals surface area contributed by atoms with E-state index < -0.39 is 0 Å². The lowest BCUT2D eigenvalue weighted by molar-refractivity contribution is 0.355. The fourth-order valence-corrected chi connectivity index (χ4v) is 2.40. The van der Waals surface area contributed by atoms with Crippen LogP contribution in [0.25, 0.3) is 11.0 Å². The third kappa shape index (κ3) is 2.72. The maximum Gasteiger partial charge on any atom is 0.163 e. The fraction of sp³-hybridized carbons (Fsp3) is 0.533. The van der Waals surface area contributed by atoms with E-state index in [0.29, 0.717) is 0 Å². The molecule has 0 radical (unpaired) electrons. The maximum absolute atomic E-state index is 5.39. The van der Waals surface area contributed by atoms with Gasteiger partial charge in [-0.2, -0.15) is 0 Å². The first kappa shape index (κ1) is 14.7. The lowest BCUT2D eigenvalue weighted by atomic mass is 10.2. The largest absolute Gasteiger partial charge is 0.493 e. The Morgan fingerprint density at radius 2 is 1.90 bits per heavy atom. The van der Waals surface area contributed by atoms with Crippen LogP contribution in [0.4, 0.5) is 0 Å². The summed E-state index contributed by atoms with van der Waals surface area (Å²) in [4.78, 5) is 4.74. The summed E-state index contributed by atoms with van der Waals surface area (Å²) in [6.07, 6.45) is 1.99. The van der Waals surface area contributed by atoms with Crippen LogP contribution in [0.2, 0.25) is 0 Å². The molecule has 0 aliphatic carbocycles. The normalized spacial score (nSPS) is 11.0. The molecule has 1 heterocycles. The number of aryl methyl sites for hydroxylation is 1. The number of benzene rings is 1. The maximum atomic E-state index is 5.39. The third-order valence-corrected chi connectivity index (χ3v) is 3.38. The molecule has 0 aliphatic rings. The van der Waals surface area contributed by atoms with Crippen LogP contribution in [0.3, 0.4) is 0 Å². The Bertz CT molecular complexity index is 578. The highest BCUT2D eigenvalue weighted by atomic mass is 16.5. The fourth-order valence-electron chi connectivity index (χ4n) is 2.40. The number of hydrogen-bond donors (Lipinski definition) is 1. The first-order valence-electron chi connectivity index (χ1n) is 7.00. The molecule has 0 aliphatic heterocycles. The van der Waals surface area contributed by atoms with Gasteiger partial charge in [-0.3, -0.25) is 0 Å². The summed E-state index contributed by atoms with van der Waals surface area (Å²) < 4.78 is 13.0. The van der Waals surface area contributed by atoms with Gasteiger partial charge >= 0.3 is 0 Å². The van der Waals surface area contributed by atoms with Crippen molar-refractivity contribution < 1.29 is 9.47 Å². The number of hydrogen-bond acceptors (Lipinski definition) is 4. The molecule has 5 heteroatoms. The van der Waals surface area contributed by atoms with E-state index >= 15 is 0 Å². The summed E-state index contributed by atoms with van der Waals surface area (Å²) in [5.41, 5.74) is 2.07. The molecule has 2 aromatic rings. The Morgan fingerprint density at radius 3 is 2.50 bits per heavy atom. The molecule has 110 valence electrons. The molecule has 2 rings (SSSR count). The van der Waals surface area contributed by atoms with Gasteiger partial charge in [0.2, 0.25) is 0 Å². The third-order valence-electron chi connectivity index (χ3n) is 3.38. The highest BCUT2D eigenvalue weighted by Crippen LogP contribution is 2.32. The summed E-state index contributed by atoms with van der Waals surface area (Å²) in [5.74, 6) is 2.57. The Kier molecular flexibility index (Phi) is 4.84. The zero-order chi connectivity index (χ0) is 14.5. The van der Waals surface area contributed by atoms with Crippen LogP contribution in [0, 0.1) is 0 Å². The molecule has 0 saturated heterocycles. The monoisotopic (exact) mass is 277 g/mol. The first-order chi connectivity index (χ1) is 9.74. The zero-order valence-electron chi connectivity index (χ0n) is 12.7. The Hall–Kier alpha value is -1.75. The van der Waals surface area contributed by atoms with Gasteiger partial charge in [0.15, 0.2) is 11.5 Å². The highest BCUT2D eigenvalue weighted by molar-refractivity contribution is 5.80. The van der Waals surface area contributed by atoms with Crippen molar-refractivity contribution in [3.8, 4) is 11.5 Å². The number of aromatic nitrogens is 2. The molecule has 0 atom stereocenters. The van der Waals surface area contributed by atoms with E-state index in [1.54, 1.807) is 14.2 Å². The molecule has 0 fully saturated rings. The van der Waals surface area contributed by atoms with E-state index in [1.165, 1.54) is 0 Å². The minimum atomic E-state index is 0.723. The smallest absolute Gasteiger partial charge is 0.163 e. The Morgan fingerprint density at radius 1 is 1.20 bits per heavy atom. The van der Waals surface area contributed by atoms with Crippen molar-refractivity contribution in [2.45, 2.75) is 26.3 Å². The summed E-state index contributed by atoms with van der Waals surface area (Å²) in [6.45, 7) is 4.06. The number of rotatable bonds is 7. The molecule has 20 heavy (non-hydrogen) atoms. The quantitative estimate of drug-likeness (QED) is 0.843. The van der Waals surface area contributed by atoms with Crippen LogP contribution in [-0.2, 0) is 13.0 Å². The van der Waals surface area contributed by atoms with Crippen LogP contribution in [0.1, 0.15) is 19.2 Å². The molecule has 0 amide bonds. The lowest BCUT2D eigenvalue weighted by Gasteiger charge is -2.10. The van der Waals surface area contributed by atoms with Gasteiger partial charge in [-0.1, -0.05) is 6.92 Å². The van der Waals surface area contributed by atoms with E-state index in [2.05, 4.69) is 16.8 Å². The topological polar surface area (TPSA) is 48.3 Å². The predicted octanol–water partition coefficient (Wildman–Crippen LogP) is 2.23. The second-order valence-corrected chi connectivity index (χ2v) is 4.73. The van der Waals surface area contributed by atoms with Gasteiger partial charge in [-0.15, -0.1) is 0 Å². The SMILES string of the molecule is CCCn1c(CCNC)nc2cc(OC)c(OC)cc21. The number of methoxy groups -OCH3 is 2. The van der Waals surface area contributed by atoms with E-state index in [0.717, 1.165) is 54.3 Å². The number of nitrogens with one attached hydrogen (secondary N) is 1. The highest BCUT2D eigenvalue weighted by Gasteiger charge is 2.14. The van der Waals surface area contributed by atoms with Crippen molar-refractivity contribution in [1.29, 1.82) is 0 Å². The van der Waals surface area contributed by atoms with Crippen LogP contribution < -0.4 is 14.8 Å². The minimum absolute atomic E-state index is 0.723. The standard InChI is InChI=1S/C15H23N3O2/c1-5-8-18-12-10-14(20-4)13(19-3)9-11(12)17-15(18)6-7-16-2/h9-10,16H,5-8H2,1-4H3. The summed E-state index contributed by atoms with van der Waals surface area (Å²) in [6, 6.07) is 3.96. The van der Waals surface area contributed by atoms with E-state index in [9.17, 15) is 0 Å².